The number of ketones is 1. The van der Waals surface area contributed by atoms with Crippen molar-refractivity contribution in [3.8, 4) is 0 Å². The van der Waals surface area contributed by atoms with E-state index < -0.39 is 11.7 Å². The largest absolute Gasteiger partial charge is 0.306 e. The Labute approximate surface area is 169 Å². The first-order chi connectivity index (χ1) is 13.5. The lowest BCUT2D eigenvalue weighted by molar-refractivity contribution is -0.122. The monoisotopic (exact) mass is 400 g/mol. The topological polar surface area (TPSA) is 65.5 Å². The maximum absolute atomic E-state index is 12.6. The van der Waals surface area contributed by atoms with Crippen molar-refractivity contribution in [2.24, 2.45) is 5.92 Å². The number of fused-ring (bicyclic) bond motifs is 1. The van der Waals surface area contributed by atoms with Crippen LogP contribution < -0.4 is 5.43 Å². The molecule has 1 amide bonds. The maximum Gasteiger partial charge on any atom is 0.306 e. The second-order valence-corrected chi connectivity index (χ2v) is 9.34. The van der Waals surface area contributed by atoms with Crippen LogP contribution in [0.15, 0.2) is 18.2 Å². The number of carbonyl (C=O) groups is 2. The van der Waals surface area contributed by atoms with E-state index in [4.69, 9.17) is 4.98 Å². The van der Waals surface area contributed by atoms with Gasteiger partial charge in [-0.25, -0.2) is 9.99 Å². The molecule has 150 valence electrons. The molecule has 0 bridgehead atoms. The summed E-state index contributed by atoms with van der Waals surface area (Å²) in [5.74, 6) is -0.0150. The molecule has 2 aliphatic heterocycles. The van der Waals surface area contributed by atoms with Gasteiger partial charge in [-0.2, -0.15) is 0 Å². The highest BCUT2D eigenvalue weighted by atomic mass is 32.1. The summed E-state index contributed by atoms with van der Waals surface area (Å²) in [5, 5.41) is 3.02. The van der Waals surface area contributed by atoms with E-state index in [9.17, 15) is 9.59 Å². The Balaban J connectivity index is 1.46. The molecular formula is C21H28N4O2S. The Morgan fingerprint density at radius 1 is 1.18 bits per heavy atom. The Morgan fingerprint density at radius 3 is 2.71 bits per heavy atom. The maximum atomic E-state index is 12.6. The summed E-state index contributed by atoms with van der Waals surface area (Å²) in [6, 6.07) is 5.44. The Hall–Kier alpha value is -1.83. The van der Waals surface area contributed by atoms with Gasteiger partial charge in [0.1, 0.15) is 0 Å². The minimum atomic E-state index is -0.556. The molecule has 2 saturated heterocycles. The standard InChI is InChI=1S/C21H28N4O2S/c1-14-4-3-9-25(13-14)23-20(27)19(26)16-5-6-18-17(12-16)22-21(28-18)15-7-10-24(2)11-8-15/h5-6,12,14-15H,3-4,7-11,13H2,1-2H3,(H,23,27)/t14-/m0/s1. The molecule has 7 heteroatoms. The fourth-order valence-electron chi connectivity index (χ4n) is 4.13. The van der Waals surface area contributed by atoms with Gasteiger partial charge < -0.3 is 4.90 Å². The first-order valence-corrected chi connectivity index (χ1v) is 11.0. The van der Waals surface area contributed by atoms with Crippen molar-refractivity contribution in [3.63, 3.8) is 0 Å². The van der Waals surface area contributed by atoms with Gasteiger partial charge in [0.15, 0.2) is 0 Å². The van der Waals surface area contributed by atoms with Gasteiger partial charge in [-0.15, -0.1) is 11.3 Å². The number of rotatable bonds is 4. The van der Waals surface area contributed by atoms with Crippen LogP contribution >= 0.6 is 11.3 Å². The molecule has 0 saturated carbocycles. The number of carbonyl (C=O) groups excluding carboxylic acids is 2. The third-order valence-corrected chi connectivity index (χ3v) is 7.06. The lowest BCUT2D eigenvalue weighted by Crippen LogP contribution is -2.49. The van der Waals surface area contributed by atoms with E-state index >= 15 is 0 Å². The smallest absolute Gasteiger partial charge is 0.306 e. The summed E-state index contributed by atoms with van der Waals surface area (Å²) in [6.45, 7) is 5.95. The van der Waals surface area contributed by atoms with Gasteiger partial charge in [0, 0.05) is 24.6 Å². The minimum absolute atomic E-state index is 0.412. The molecule has 28 heavy (non-hydrogen) atoms. The van der Waals surface area contributed by atoms with Gasteiger partial charge in [-0.3, -0.25) is 15.0 Å². The van der Waals surface area contributed by atoms with E-state index in [-0.39, 0.29) is 0 Å². The van der Waals surface area contributed by atoms with Crippen molar-refractivity contribution in [1.82, 2.24) is 20.3 Å². The number of hydrazine groups is 1. The molecule has 1 aromatic carbocycles. The van der Waals surface area contributed by atoms with Gasteiger partial charge in [-0.1, -0.05) is 6.92 Å². The predicted octanol–water partition coefficient (Wildman–Crippen LogP) is 3.05. The molecule has 1 aromatic heterocycles. The minimum Gasteiger partial charge on any atom is -0.306 e. The number of nitrogens with zero attached hydrogens (tertiary/aromatic N) is 3. The molecule has 1 N–H and O–H groups in total. The molecular weight excluding hydrogens is 372 g/mol. The zero-order valence-electron chi connectivity index (χ0n) is 16.6. The fraction of sp³-hybridized carbons (Fsp3) is 0.571. The Morgan fingerprint density at radius 2 is 1.96 bits per heavy atom. The zero-order valence-corrected chi connectivity index (χ0v) is 17.4. The number of piperidine rings is 2. The fourth-order valence-corrected chi connectivity index (χ4v) is 5.25. The molecule has 1 atom stereocenters. The quantitative estimate of drug-likeness (QED) is 0.631. The number of likely N-dealkylation sites (tertiary alicyclic amines) is 1. The first-order valence-electron chi connectivity index (χ1n) is 10.2. The van der Waals surface area contributed by atoms with E-state index in [1.165, 1.54) is 6.42 Å². The van der Waals surface area contributed by atoms with Crippen LogP contribution in [0.25, 0.3) is 10.2 Å². The van der Waals surface area contributed by atoms with Crippen LogP contribution in [0.4, 0.5) is 0 Å². The van der Waals surface area contributed by atoms with E-state index in [0.717, 1.165) is 60.7 Å². The molecule has 6 nitrogen and oxygen atoms in total. The van der Waals surface area contributed by atoms with Crippen molar-refractivity contribution in [2.45, 2.75) is 38.5 Å². The molecule has 0 unspecified atom stereocenters. The van der Waals surface area contributed by atoms with Crippen LogP contribution in [0.5, 0.6) is 0 Å². The van der Waals surface area contributed by atoms with E-state index in [0.29, 0.717) is 17.4 Å². The molecule has 2 fully saturated rings. The molecule has 2 aromatic rings. The van der Waals surface area contributed by atoms with Gasteiger partial charge in [-0.05, 0) is 69.9 Å². The van der Waals surface area contributed by atoms with E-state index in [1.807, 2.05) is 11.1 Å². The van der Waals surface area contributed by atoms with Crippen LogP contribution in [-0.2, 0) is 4.79 Å². The highest BCUT2D eigenvalue weighted by molar-refractivity contribution is 7.18. The van der Waals surface area contributed by atoms with Crippen molar-refractivity contribution in [1.29, 1.82) is 0 Å². The van der Waals surface area contributed by atoms with Gasteiger partial charge in [0.05, 0.1) is 15.2 Å². The zero-order chi connectivity index (χ0) is 19.7. The second kappa shape index (κ2) is 8.27. The number of Topliss-reactive ketones (excluding diaryl/α,β-unsaturated/α-hetero) is 1. The Kier molecular flexibility index (Phi) is 5.75. The van der Waals surface area contributed by atoms with Crippen molar-refractivity contribution in [2.75, 3.05) is 33.2 Å². The van der Waals surface area contributed by atoms with Crippen LogP contribution in [0.3, 0.4) is 0 Å². The number of hydrogen-bond donors (Lipinski definition) is 1. The van der Waals surface area contributed by atoms with Crippen molar-refractivity contribution < 1.29 is 9.59 Å². The van der Waals surface area contributed by atoms with Crippen LogP contribution in [0.2, 0.25) is 0 Å². The number of amides is 1. The molecule has 0 aliphatic carbocycles. The predicted molar refractivity (Wildman–Crippen MR) is 112 cm³/mol. The third kappa shape index (κ3) is 4.26. The average Bonchev–Trinajstić information content (AvgIpc) is 3.11. The average molecular weight is 401 g/mol. The van der Waals surface area contributed by atoms with Crippen molar-refractivity contribution in [3.05, 3.63) is 28.8 Å². The van der Waals surface area contributed by atoms with Crippen LogP contribution in [0.1, 0.15) is 53.9 Å². The first kappa shape index (κ1) is 19.5. The van der Waals surface area contributed by atoms with Crippen molar-refractivity contribution >= 4 is 33.2 Å². The normalized spacial score (nSPS) is 22.4. The second-order valence-electron chi connectivity index (χ2n) is 8.28. The lowest BCUT2D eigenvalue weighted by atomic mass is 9.98. The highest BCUT2D eigenvalue weighted by Gasteiger charge is 2.24. The number of benzene rings is 1. The third-order valence-electron chi connectivity index (χ3n) is 5.86. The summed E-state index contributed by atoms with van der Waals surface area (Å²) >= 11 is 1.71. The lowest BCUT2D eigenvalue weighted by Gasteiger charge is -2.30. The summed E-state index contributed by atoms with van der Waals surface area (Å²) < 4.78 is 1.08. The van der Waals surface area contributed by atoms with Crippen LogP contribution in [0, 0.1) is 5.92 Å². The molecule has 2 aliphatic rings. The van der Waals surface area contributed by atoms with Crippen LogP contribution in [-0.4, -0.2) is 59.8 Å². The highest BCUT2D eigenvalue weighted by Crippen LogP contribution is 2.34. The number of hydrogen-bond acceptors (Lipinski definition) is 6. The molecule has 4 rings (SSSR count). The summed E-state index contributed by atoms with van der Waals surface area (Å²) in [7, 11) is 2.15. The number of thiazole rings is 1. The van der Waals surface area contributed by atoms with E-state index in [1.54, 1.807) is 23.5 Å². The number of nitrogens with one attached hydrogen (secondary N) is 1. The summed E-state index contributed by atoms with van der Waals surface area (Å²) in [4.78, 5) is 32.2. The molecule has 3 heterocycles. The van der Waals surface area contributed by atoms with Gasteiger partial charge in [0.25, 0.3) is 5.78 Å². The molecule has 0 spiro atoms. The Bertz CT molecular complexity index is 872. The summed E-state index contributed by atoms with van der Waals surface area (Å²) in [6.07, 6.45) is 4.46. The van der Waals surface area contributed by atoms with Gasteiger partial charge >= 0.3 is 5.91 Å². The van der Waals surface area contributed by atoms with Gasteiger partial charge in [0.2, 0.25) is 0 Å². The van der Waals surface area contributed by atoms with E-state index in [2.05, 4.69) is 24.3 Å². The molecule has 0 radical (unpaired) electrons. The summed E-state index contributed by atoms with van der Waals surface area (Å²) in [5.41, 5.74) is 4.01. The SMILES string of the molecule is C[C@H]1CCCN(NC(=O)C(=O)c2ccc3sc(C4CCN(C)CC4)nc3c2)C1. The number of aromatic nitrogens is 1.